The van der Waals surface area contributed by atoms with E-state index in [0.717, 1.165) is 11.1 Å². The fourth-order valence-electron chi connectivity index (χ4n) is 2.27. The van der Waals surface area contributed by atoms with E-state index in [1.165, 1.54) is 5.39 Å². The third-order valence-electron chi connectivity index (χ3n) is 3.53. The zero-order valence-corrected chi connectivity index (χ0v) is 15.1. The first-order chi connectivity index (χ1) is 11.9. The van der Waals surface area contributed by atoms with Crippen molar-refractivity contribution < 1.29 is 27.2 Å². The quantitative estimate of drug-likeness (QED) is 0.485. The summed E-state index contributed by atoms with van der Waals surface area (Å²) < 4.78 is 46.2. The van der Waals surface area contributed by atoms with Crippen LogP contribution < -0.4 is 4.74 Å². The first kappa shape index (κ1) is 19.7. The summed E-state index contributed by atoms with van der Waals surface area (Å²) in [6.45, 7) is 3.38. The minimum atomic E-state index is -3.91. The highest BCUT2D eigenvalue weighted by atomic mass is 32.2. The van der Waals surface area contributed by atoms with E-state index in [1.54, 1.807) is 0 Å². The average molecular weight is 368 g/mol. The summed E-state index contributed by atoms with van der Waals surface area (Å²) in [5.74, 6) is 0.514. The molecule has 0 aliphatic rings. The molecule has 0 saturated carbocycles. The molecule has 1 atom stereocenters. The van der Waals surface area contributed by atoms with E-state index >= 15 is 0 Å². The van der Waals surface area contributed by atoms with Crippen LogP contribution in [0.5, 0.6) is 5.75 Å². The van der Waals surface area contributed by atoms with Crippen molar-refractivity contribution in [3.63, 3.8) is 0 Å². The van der Waals surface area contributed by atoms with E-state index < -0.39 is 10.1 Å². The van der Waals surface area contributed by atoms with Crippen LogP contribution in [0.2, 0.25) is 0 Å². The molecule has 0 heterocycles. The molecule has 2 rings (SSSR count). The maximum Gasteiger partial charge on any atom is 0.264 e. The number of rotatable bonds is 11. The zero-order chi connectivity index (χ0) is 18.1. The molecule has 0 bridgehead atoms. The van der Waals surface area contributed by atoms with E-state index in [-0.39, 0.29) is 24.9 Å². The van der Waals surface area contributed by atoms with Gasteiger partial charge in [-0.15, -0.1) is 0 Å². The van der Waals surface area contributed by atoms with Gasteiger partial charge in [0.05, 0.1) is 25.1 Å². The van der Waals surface area contributed by atoms with Gasteiger partial charge >= 0.3 is 0 Å². The van der Waals surface area contributed by atoms with Gasteiger partial charge in [0.15, 0.2) is 0 Å². The second-order valence-electron chi connectivity index (χ2n) is 5.75. The Balaban J connectivity index is 1.59. The number of fused-ring (bicyclic) bond motifs is 1. The van der Waals surface area contributed by atoms with Crippen LogP contribution in [-0.4, -0.2) is 51.3 Å². The van der Waals surface area contributed by atoms with Crippen molar-refractivity contribution in [2.45, 2.75) is 19.4 Å². The van der Waals surface area contributed by atoms with E-state index in [1.807, 2.05) is 43.3 Å². The van der Waals surface area contributed by atoms with Crippen molar-refractivity contribution in [2.24, 2.45) is 0 Å². The Morgan fingerprint density at radius 2 is 1.80 bits per heavy atom. The highest BCUT2D eigenvalue weighted by Gasteiger charge is 2.05. The van der Waals surface area contributed by atoms with E-state index in [4.69, 9.17) is 18.8 Å². The Kier molecular flexibility index (Phi) is 7.64. The SMILES string of the molecule is CC(COc1ccc2ccccc2c1)OCCOCCCS(=O)(=O)O. The normalized spacial score (nSPS) is 13.0. The van der Waals surface area contributed by atoms with E-state index in [2.05, 4.69) is 6.07 Å². The second kappa shape index (κ2) is 9.72. The van der Waals surface area contributed by atoms with Gasteiger partial charge in [-0.2, -0.15) is 8.42 Å². The van der Waals surface area contributed by atoms with Gasteiger partial charge in [0.25, 0.3) is 10.1 Å². The second-order valence-corrected chi connectivity index (χ2v) is 7.33. The van der Waals surface area contributed by atoms with Gasteiger partial charge in [0, 0.05) is 6.61 Å². The molecule has 0 radical (unpaired) electrons. The van der Waals surface area contributed by atoms with E-state index in [9.17, 15) is 8.42 Å². The molecule has 0 aliphatic heterocycles. The molecule has 0 amide bonds. The third kappa shape index (κ3) is 7.83. The van der Waals surface area contributed by atoms with Crippen LogP contribution >= 0.6 is 0 Å². The minimum absolute atomic E-state index is 0.0899. The predicted octanol–water partition coefficient (Wildman–Crippen LogP) is 2.92. The smallest absolute Gasteiger partial charge is 0.264 e. The van der Waals surface area contributed by atoms with Crippen LogP contribution in [0.1, 0.15) is 13.3 Å². The topological polar surface area (TPSA) is 82.1 Å². The lowest BCUT2D eigenvalue weighted by atomic mass is 10.1. The lowest BCUT2D eigenvalue weighted by Crippen LogP contribution is -2.20. The van der Waals surface area contributed by atoms with Gasteiger partial charge in [0.1, 0.15) is 12.4 Å². The summed E-state index contributed by atoms with van der Waals surface area (Å²) in [6, 6.07) is 14.1. The van der Waals surface area contributed by atoms with Gasteiger partial charge in [-0.1, -0.05) is 30.3 Å². The first-order valence-corrected chi connectivity index (χ1v) is 9.81. The zero-order valence-electron chi connectivity index (χ0n) is 14.3. The van der Waals surface area contributed by atoms with Crippen molar-refractivity contribution in [2.75, 3.05) is 32.2 Å². The van der Waals surface area contributed by atoms with Gasteiger partial charge in [-0.3, -0.25) is 4.55 Å². The van der Waals surface area contributed by atoms with Crippen LogP contribution in [0, 0.1) is 0 Å². The van der Waals surface area contributed by atoms with Crippen molar-refractivity contribution in [3.8, 4) is 5.75 Å². The number of ether oxygens (including phenoxy) is 3. The average Bonchev–Trinajstić information content (AvgIpc) is 2.58. The molecule has 6 nitrogen and oxygen atoms in total. The van der Waals surface area contributed by atoms with Crippen LogP contribution in [0.3, 0.4) is 0 Å². The monoisotopic (exact) mass is 368 g/mol. The Hall–Kier alpha value is -1.67. The van der Waals surface area contributed by atoms with Gasteiger partial charge in [-0.05, 0) is 36.2 Å². The summed E-state index contributed by atoms with van der Waals surface area (Å²) in [6.07, 6.45) is 0.173. The third-order valence-corrected chi connectivity index (χ3v) is 4.33. The van der Waals surface area contributed by atoms with Gasteiger partial charge in [0.2, 0.25) is 0 Å². The Morgan fingerprint density at radius 1 is 1.04 bits per heavy atom. The number of hydrogen-bond donors (Lipinski definition) is 1. The Morgan fingerprint density at radius 3 is 2.56 bits per heavy atom. The standard InChI is InChI=1S/C18H24O6S/c1-15(23-11-10-22-9-4-12-25(19,20)21)14-24-18-8-7-16-5-2-3-6-17(16)13-18/h2-3,5-8,13,15H,4,9-12,14H2,1H3,(H,19,20,21). The molecule has 0 fully saturated rings. The Labute approximate surface area is 148 Å². The molecule has 138 valence electrons. The summed E-state index contributed by atoms with van der Waals surface area (Å²) in [4.78, 5) is 0. The van der Waals surface area contributed by atoms with Crippen molar-refractivity contribution in [1.82, 2.24) is 0 Å². The molecule has 7 heteroatoms. The van der Waals surface area contributed by atoms with Gasteiger partial charge in [-0.25, -0.2) is 0 Å². The molecule has 0 saturated heterocycles. The molecule has 1 unspecified atom stereocenters. The number of benzene rings is 2. The summed E-state index contributed by atoms with van der Waals surface area (Å²) in [5.41, 5.74) is 0. The first-order valence-electron chi connectivity index (χ1n) is 8.20. The van der Waals surface area contributed by atoms with Crippen molar-refractivity contribution in [3.05, 3.63) is 42.5 Å². The highest BCUT2D eigenvalue weighted by Crippen LogP contribution is 2.20. The summed E-state index contributed by atoms with van der Waals surface area (Å²) in [7, 11) is -3.91. The lowest BCUT2D eigenvalue weighted by molar-refractivity contribution is -0.00559. The molecule has 0 aliphatic carbocycles. The Bertz CT molecular complexity index is 759. The van der Waals surface area contributed by atoms with Gasteiger partial charge < -0.3 is 14.2 Å². The number of hydrogen-bond acceptors (Lipinski definition) is 5. The molecule has 2 aromatic rings. The van der Waals surface area contributed by atoms with Crippen LogP contribution in [0.4, 0.5) is 0 Å². The molecular formula is C18H24O6S. The maximum absolute atomic E-state index is 10.5. The molecule has 0 aromatic heterocycles. The van der Waals surface area contributed by atoms with Crippen molar-refractivity contribution in [1.29, 1.82) is 0 Å². The minimum Gasteiger partial charge on any atom is -0.491 e. The van der Waals surface area contributed by atoms with Crippen LogP contribution in [-0.2, 0) is 19.6 Å². The largest absolute Gasteiger partial charge is 0.491 e. The summed E-state index contributed by atoms with van der Waals surface area (Å²) in [5, 5.41) is 2.30. The molecule has 25 heavy (non-hydrogen) atoms. The van der Waals surface area contributed by atoms with Crippen LogP contribution in [0.25, 0.3) is 10.8 Å². The van der Waals surface area contributed by atoms with Crippen LogP contribution in [0.15, 0.2) is 42.5 Å². The van der Waals surface area contributed by atoms with Crippen molar-refractivity contribution >= 4 is 20.9 Å². The molecular weight excluding hydrogens is 344 g/mol. The fourth-order valence-corrected chi connectivity index (χ4v) is 2.76. The maximum atomic E-state index is 10.5. The fraction of sp³-hybridized carbons (Fsp3) is 0.444. The summed E-state index contributed by atoms with van der Waals surface area (Å²) >= 11 is 0. The molecule has 1 N–H and O–H groups in total. The molecule has 0 spiro atoms. The predicted molar refractivity (Wildman–Crippen MR) is 96.7 cm³/mol. The lowest BCUT2D eigenvalue weighted by Gasteiger charge is -2.14. The molecule has 2 aromatic carbocycles. The van der Waals surface area contributed by atoms with E-state index in [0.29, 0.717) is 19.8 Å². The highest BCUT2D eigenvalue weighted by molar-refractivity contribution is 7.85.